The summed E-state index contributed by atoms with van der Waals surface area (Å²) >= 11 is 0.970. The van der Waals surface area contributed by atoms with Gasteiger partial charge in [0, 0.05) is 33.2 Å². The van der Waals surface area contributed by atoms with Crippen LogP contribution in [0.2, 0.25) is 0 Å². The first-order chi connectivity index (χ1) is 9.08. The number of carbonyl (C=O) groups is 1. The zero-order valence-corrected chi connectivity index (χ0v) is 11.4. The van der Waals surface area contributed by atoms with Gasteiger partial charge in [-0.2, -0.15) is 0 Å². The van der Waals surface area contributed by atoms with E-state index in [1.54, 1.807) is 16.8 Å². The number of nitrogens with one attached hydrogen (secondary N) is 1. The molecule has 0 atom stereocenters. The maximum Gasteiger partial charge on any atom is 0.345 e. The standard InChI is InChI=1S/C10H15N5O3S/c1-13(10-12-6-9(19-10)15(17)18)7-8(16)14-4-2-11-3-5-14/h6,11H,2-5,7H2,1H3. The number of piperazine rings is 1. The number of nitrogens with zero attached hydrogens (tertiary/aromatic N) is 4. The van der Waals surface area contributed by atoms with Crippen LogP contribution in [-0.4, -0.2) is 60.5 Å². The summed E-state index contributed by atoms with van der Waals surface area (Å²) < 4.78 is 0. The number of likely N-dealkylation sites (N-methyl/N-ethyl adjacent to an activating group) is 1. The minimum atomic E-state index is -0.479. The number of rotatable bonds is 4. The molecule has 0 bridgehead atoms. The summed E-state index contributed by atoms with van der Waals surface area (Å²) in [6, 6.07) is 0. The summed E-state index contributed by atoms with van der Waals surface area (Å²) in [5, 5.41) is 14.2. The lowest BCUT2D eigenvalue weighted by molar-refractivity contribution is -0.380. The Morgan fingerprint density at radius 2 is 2.32 bits per heavy atom. The van der Waals surface area contributed by atoms with E-state index in [0.29, 0.717) is 18.2 Å². The molecule has 0 radical (unpaired) electrons. The van der Waals surface area contributed by atoms with Crippen LogP contribution in [0.15, 0.2) is 6.20 Å². The molecule has 1 amide bonds. The average molecular weight is 285 g/mol. The zero-order valence-electron chi connectivity index (χ0n) is 10.5. The maximum atomic E-state index is 12.0. The van der Waals surface area contributed by atoms with Gasteiger partial charge < -0.3 is 15.1 Å². The molecule has 1 aliphatic heterocycles. The van der Waals surface area contributed by atoms with E-state index in [9.17, 15) is 14.9 Å². The summed E-state index contributed by atoms with van der Waals surface area (Å²) in [5.41, 5.74) is 0. The number of hydrogen-bond donors (Lipinski definition) is 1. The molecule has 0 aliphatic carbocycles. The van der Waals surface area contributed by atoms with E-state index < -0.39 is 4.92 Å². The molecule has 0 unspecified atom stereocenters. The number of thiazole rings is 1. The number of nitro groups is 1. The highest BCUT2D eigenvalue weighted by Crippen LogP contribution is 2.27. The van der Waals surface area contributed by atoms with E-state index >= 15 is 0 Å². The molecular formula is C10H15N5O3S. The Labute approximate surface area is 114 Å². The molecule has 0 aromatic carbocycles. The molecule has 0 saturated carbocycles. The molecule has 1 saturated heterocycles. The van der Waals surface area contributed by atoms with Crippen LogP contribution >= 0.6 is 11.3 Å². The number of anilines is 1. The van der Waals surface area contributed by atoms with E-state index in [1.165, 1.54) is 6.20 Å². The Kier molecular flexibility index (Phi) is 4.27. The second-order valence-electron chi connectivity index (χ2n) is 4.23. The third-order valence-corrected chi connectivity index (χ3v) is 3.89. The van der Waals surface area contributed by atoms with Crippen LogP contribution in [0.4, 0.5) is 10.1 Å². The molecule has 104 valence electrons. The van der Waals surface area contributed by atoms with E-state index in [2.05, 4.69) is 10.3 Å². The number of carbonyl (C=O) groups excluding carboxylic acids is 1. The zero-order chi connectivity index (χ0) is 13.8. The number of aromatic nitrogens is 1. The molecule has 8 nitrogen and oxygen atoms in total. The van der Waals surface area contributed by atoms with Crippen LogP contribution in [-0.2, 0) is 4.79 Å². The largest absolute Gasteiger partial charge is 0.345 e. The van der Waals surface area contributed by atoms with Crippen LogP contribution < -0.4 is 10.2 Å². The van der Waals surface area contributed by atoms with Gasteiger partial charge in [0.25, 0.3) is 0 Å². The highest BCUT2D eigenvalue weighted by Gasteiger charge is 2.20. The molecule has 1 N–H and O–H groups in total. The average Bonchev–Trinajstić information content (AvgIpc) is 2.89. The van der Waals surface area contributed by atoms with Gasteiger partial charge in [-0.05, 0) is 11.3 Å². The highest BCUT2D eigenvalue weighted by molar-refractivity contribution is 7.18. The predicted molar refractivity (Wildman–Crippen MR) is 71.5 cm³/mol. The van der Waals surface area contributed by atoms with Gasteiger partial charge >= 0.3 is 5.00 Å². The minimum absolute atomic E-state index is 0.0156. The van der Waals surface area contributed by atoms with Crippen molar-refractivity contribution < 1.29 is 9.72 Å². The molecule has 1 aromatic heterocycles. The summed E-state index contributed by atoms with van der Waals surface area (Å²) in [5.74, 6) is 0.0156. The summed E-state index contributed by atoms with van der Waals surface area (Å²) in [4.78, 5) is 29.5. The predicted octanol–water partition coefficient (Wildman–Crippen LogP) is -0.0807. The fraction of sp³-hybridized carbons (Fsp3) is 0.600. The molecule has 2 heterocycles. The number of hydrogen-bond acceptors (Lipinski definition) is 7. The lowest BCUT2D eigenvalue weighted by Gasteiger charge is -2.29. The Morgan fingerprint density at radius 1 is 1.63 bits per heavy atom. The van der Waals surface area contributed by atoms with Crippen molar-refractivity contribution in [2.45, 2.75) is 0 Å². The van der Waals surface area contributed by atoms with Crippen molar-refractivity contribution in [2.75, 3.05) is 44.7 Å². The van der Waals surface area contributed by atoms with Crippen molar-refractivity contribution in [1.82, 2.24) is 15.2 Å². The number of amides is 1. The van der Waals surface area contributed by atoms with Gasteiger partial charge in [-0.3, -0.25) is 14.9 Å². The van der Waals surface area contributed by atoms with Crippen molar-refractivity contribution in [3.63, 3.8) is 0 Å². The first-order valence-electron chi connectivity index (χ1n) is 5.88. The van der Waals surface area contributed by atoms with E-state index in [0.717, 1.165) is 24.4 Å². The van der Waals surface area contributed by atoms with Crippen LogP contribution in [0.1, 0.15) is 0 Å². The minimum Gasteiger partial charge on any atom is -0.342 e. The molecule has 9 heteroatoms. The van der Waals surface area contributed by atoms with Crippen molar-refractivity contribution >= 4 is 27.4 Å². The smallest absolute Gasteiger partial charge is 0.342 e. The van der Waals surface area contributed by atoms with Crippen LogP contribution in [0.5, 0.6) is 0 Å². The Balaban J connectivity index is 1.93. The molecular weight excluding hydrogens is 270 g/mol. The van der Waals surface area contributed by atoms with E-state index in [1.807, 2.05) is 0 Å². The third-order valence-electron chi connectivity index (χ3n) is 2.83. The van der Waals surface area contributed by atoms with Crippen molar-refractivity contribution in [3.8, 4) is 0 Å². The van der Waals surface area contributed by atoms with Crippen molar-refractivity contribution in [2.24, 2.45) is 0 Å². The van der Waals surface area contributed by atoms with Crippen molar-refractivity contribution in [1.29, 1.82) is 0 Å². The van der Waals surface area contributed by atoms with Gasteiger partial charge in [0.05, 0.1) is 11.5 Å². The molecule has 19 heavy (non-hydrogen) atoms. The van der Waals surface area contributed by atoms with Gasteiger partial charge in [0.2, 0.25) is 5.91 Å². The topological polar surface area (TPSA) is 91.6 Å². The Morgan fingerprint density at radius 3 is 2.89 bits per heavy atom. The first kappa shape index (κ1) is 13.7. The Hall–Kier alpha value is -1.74. The van der Waals surface area contributed by atoms with Gasteiger partial charge in [0.1, 0.15) is 6.20 Å². The summed E-state index contributed by atoms with van der Waals surface area (Å²) in [6.07, 6.45) is 1.21. The molecule has 1 aromatic rings. The SMILES string of the molecule is CN(CC(=O)N1CCNCC1)c1ncc([N+](=O)[O-])s1. The first-order valence-corrected chi connectivity index (χ1v) is 6.69. The normalized spacial score (nSPS) is 15.3. The lowest BCUT2D eigenvalue weighted by Crippen LogP contribution is -2.49. The van der Waals surface area contributed by atoms with Gasteiger partial charge in [-0.15, -0.1) is 0 Å². The summed E-state index contributed by atoms with van der Waals surface area (Å²) in [6.45, 7) is 3.19. The fourth-order valence-corrected chi connectivity index (χ4v) is 2.50. The quantitative estimate of drug-likeness (QED) is 0.614. The van der Waals surface area contributed by atoms with Gasteiger partial charge in [0.15, 0.2) is 5.13 Å². The molecule has 0 spiro atoms. The molecule has 2 rings (SSSR count). The second-order valence-corrected chi connectivity index (χ2v) is 5.21. The van der Waals surface area contributed by atoms with Gasteiger partial charge in [-0.25, -0.2) is 4.98 Å². The van der Waals surface area contributed by atoms with E-state index in [-0.39, 0.29) is 17.5 Å². The molecule has 1 fully saturated rings. The second kappa shape index (κ2) is 5.93. The van der Waals surface area contributed by atoms with Crippen LogP contribution in [0.25, 0.3) is 0 Å². The van der Waals surface area contributed by atoms with E-state index in [4.69, 9.17) is 0 Å². The maximum absolute atomic E-state index is 12.0. The third kappa shape index (κ3) is 3.38. The van der Waals surface area contributed by atoms with Gasteiger partial charge in [-0.1, -0.05) is 0 Å². The monoisotopic (exact) mass is 285 g/mol. The summed E-state index contributed by atoms with van der Waals surface area (Å²) in [7, 11) is 1.71. The molecule has 1 aliphatic rings. The Bertz CT molecular complexity index is 471. The van der Waals surface area contributed by atoms with Crippen LogP contribution in [0, 0.1) is 10.1 Å². The fourth-order valence-electron chi connectivity index (χ4n) is 1.80. The highest BCUT2D eigenvalue weighted by atomic mass is 32.1. The lowest BCUT2D eigenvalue weighted by atomic mass is 10.3. The van der Waals surface area contributed by atoms with Crippen LogP contribution in [0.3, 0.4) is 0 Å². The van der Waals surface area contributed by atoms with Crippen molar-refractivity contribution in [3.05, 3.63) is 16.3 Å².